The summed E-state index contributed by atoms with van der Waals surface area (Å²) in [5.74, 6) is -8.12. The van der Waals surface area contributed by atoms with E-state index in [4.69, 9.17) is 40.1 Å². The van der Waals surface area contributed by atoms with Crippen LogP contribution < -0.4 is 93.3 Å². The molecule has 1 heterocycles. The van der Waals surface area contributed by atoms with Gasteiger partial charge in [0.25, 0.3) is 0 Å². The van der Waals surface area contributed by atoms with E-state index in [0.717, 1.165) is 0 Å². The molecule has 0 fully saturated rings. The Labute approximate surface area is 443 Å². The SMILES string of the molecule is CC(C)C[C@H](NC(=O)[C@@H](NC(=O)[C@@H](N)CO)C(C)C)C(=O)NCC(=O)N[C@@H](CCCCN)C(=O)N[C@@H](CCCNC(N)N)C(=O)N[C@@H](CCCCN)C(=O)N[C@@H](CCCNC(N)N)C(=O)N[C@@H](Cc1cnc[nH]1)C(=O)O. The summed E-state index contributed by atoms with van der Waals surface area (Å²) >= 11 is 0. The van der Waals surface area contributed by atoms with Gasteiger partial charge in [0, 0.05) is 18.3 Å². The summed E-state index contributed by atoms with van der Waals surface area (Å²) in [7, 11) is 0. The molecule has 76 heavy (non-hydrogen) atoms. The number of nitrogens with two attached hydrogens (primary N) is 7. The van der Waals surface area contributed by atoms with Gasteiger partial charge in [0.05, 0.1) is 19.5 Å². The zero-order valence-corrected chi connectivity index (χ0v) is 44.4. The molecule has 0 aliphatic heterocycles. The number of hydrogen-bond acceptors (Lipinski definition) is 20. The number of nitrogens with zero attached hydrogens (tertiary/aromatic N) is 1. The predicted octanol–water partition coefficient (Wildman–Crippen LogP) is -7.03. The average molecular weight is 1080 g/mol. The molecule has 0 saturated carbocycles. The van der Waals surface area contributed by atoms with Gasteiger partial charge in [-0.2, -0.15) is 0 Å². The van der Waals surface area contributed by atoms with Gasteiger partial charge in [-0.05, 0) is 109 Å². The average Bonchev–Trinajstić information content (AvgIpc) is 3.87. The van der Waals surface area contributed by atoms with Crippen molar-refractivity contribution in [3.63, 3.8) is 0 Å². The van der Waals surface area contributed by atoms with Crippen molar-refractivity contribution in [3.8, 4) is 0 Å². The van der Waals surface area contributed by atoms with E-state index >= 15 is 0 Å². The molecule has 1 aromatic rings. The summed E-state index contributed by atoms with van der Waals surface area (Å²) in [6, 6.07) is -10.2. The molecule has 0 aliphatic rings. The zero-order chi connectivity index (χ0) is 57.3. The van der Waals surface area contributed by atoms with Crippen LogP contribution in [0.25, 0.3) is 0 Å². The van der Waals surface area contributed by atoms with Gasteiger partial charge in [0.1, 0.15) is 60.9 Å². The molecule has 30 nitrogen and oxygen atoms in total. The molecule has 27 N–H and O–H groups in total. The molecule has 1 rings (SSSR count). The van der Waals surface area contributed by atoms with Crippen LogP contribution in [-0.2, 0) is 49.6 Å². The Bertz CT molecular complexity index is 1930. The van der Waals surface area contributed by atoms with Crippen LogP contribution in [-0.4, -0.2) is 174 Å². The first-order valence-corrected chi connectivity index (χ1v) is 25.8. The number of nitrogens with one attached hydrogen (secondary N) is 11. The molecule has 0 spiro atoms. The van der Waals surface area contributed by atoms with Crippen LogP contribution in [0.15, 0.2) is 12.5 Å². The Balaban J connectivity index is 3.42. The highest BCUT2D eigenvalue weighted by molar-refractivity contribution is 5.97. The van der Waals surface area contributed by atoms with Crippen LogP contribution in [0.3, 0.4) is 0 Å². The van der Waals surface area contributed by atoms with Gasteiger partial charge >= 0.3 is 5.97 Å². The number of hydrogen-bond donors (Lipinski definition) is 20. The lowest BCUT2D eigenvalue weighted by molar-refractivity contribution is -0.142. The van der Waals surface area contributed by atoms with Gasteiger partial charge in [0.15, 0.2) is 0 Å². The number of imidazole rings is 1. The van der Waals surface area contributed by atoms with Crippen molar-refractivity contribution in [2.45, 2.75) is 166 Å². The smallest absolute Gasteiger partial charge is 0.326 e. The summed E-state index contributed by atoms with van der Waals surface area (Å²) in [6.45, 7) is 6.60. The number of aliphatic hydroxyl groups excluding tert-OH is 1. The Hall–Kier alpha value is -5.96. The fourth-order valence-electron chi connectivity index (χ4n) is 7.49. The van der Waals surface area contributed by atoms with E-state index in [1.54, 1.807) is 13.8 Å². The van der Waals surface area contributed by atoms with E-state index in [1.165, 1.54) is 12.5 Å². The number of carbonyl (C=O) groups is 9. The van der Waals surface area contributed by atoms with Crippen molar-refractivity contribution >= 4 is 53.2 Å². The number of aliphatic carboxylic acids is 1. The summed E-state index contributed by atoms with van der Waals surface area (Å²) in [5.41, 5.74) is 40.1. The summed E-state index contributed by atoms with van der Waals surface area (Å²) in [4.78, 5) is 128. The minimum absolute atomic E-state index is 0.00948. The Kier molecular flexibility index (Phi) is 33.8. The van der Waals surface area contributed by atoms with Crippen LogP contribution in [0.4, 0.5) is 0 Å². The first kappa shape index (κ1) is 68.1. The molecule has 8 amide bonds. The standard InChI is InChI=1S/C46H89N19O11/c1-25(2)19-33(63-43(74)36(26(3)4)65-37(68)28(49)23-66)38(69)57-22-35(67)59-29(11-5-7-15-47)39(70)61-31(13-9-17-55-45(50)51)41(72)60-30(12-6-8-16-48)40(71)62-32(14-10-18-56-46(52)53)42(73)64-34(44(75)76)20-27-21-54-24-58-27/h21,24-26,28-34,36,45-46,55-56,66H,5-20,22-23,47-53H2,1-4H3,(H,54,58)(H,57,69)(H,59,67)(H,60,72)(H,61,70)(H,62,71)(H,63,74)(H,64,73)(H,65,68)(H,75,76)/t28-,29-,30-,31-,32-,33-,34-,36-/m0/s1. The van der Waals surface area contributed by atoms with Gasteiger partial charge in [-0.25, -0.2) is 9.78 Å². The van der Waals surface area contributed by atoms with Gasteiger partial charge in [-0.1, -0.05) is 27.7 Å². The van der Waals surface area contributed by atoms with Crippen LogP contribution >= 0.6 is 0 Å². The number of carboxylic acid groups (broad SMARTS) is 1. The fourth-order valence-corrected chi connectivity index (χ4v) is 7.49. The molecular weight excluding hydrogens is 995 g/mol. The molecule has 0 aromatic carbocycles. The number of carbonyl (C=O) groups excluding carboxylic acids is 8. The minimum Gasteiger partial charge on any atom is -0.480 e. The van der Waals surface area contributed by atoms with Crippen LogP contribution in [0.5, 0.6) is 0 Å². The van der Waals surface area contributed by atoms with E-state index in [0.29, 0.717) is 31.4 Å². The maximum absolute atomic E-state index is 14.3. The first-order valence-electron chi connectivity index (χ1n) is 25.8. The highest BCUT2D eigenvalue weighted by atomic mass is 16.4. The van der Waals surface area contributed by atoms with E-state index < -0.39 is 133 Å². The number of unbranched alkanes of at least 4 members (excludes halogenated alkanes) is 2. The maximum atomic E-state index is 14.3. The van der Waals surface area contributed by atoms with E-state index in [-0.39, 0.29) is 83.5 Å². The number of aromatic amines is 1. The number of carboxylic acids is 1. The van der Waals surface area contributed by atoms with Crippen LogP contribution in [0.1, 0.15) is 104 Å². The fraction of sp³-hybridized carbons (Fsp3) is 0.739. The third kappa shape index (κ3) is 28.3. The normalized spacial score (nSPS) is 14.6. The number of amides is 8. The zero-order valence-electron chi connectivity index (χ0n) is 44.4. The third-order valence-electron chi connectivity index (χ3n) is 11.7. The first-order chi connectivity index (χ1) is 35.9. The number of rotatable bonds is 41. The molecule has 8 atom stereocenters. The molecule has 0 unspecified atom stereocenters. The molecular formula is C46H89N19O11. The van der Waals surface area contributed by atoms with Gasteiger partial charge in [-0.3, -0.25) is 49.0 Å². The van der Waals surface area contributed by atoms with Gasteiger partial charge in [0.2, 0.25) is 47.3 Å². The quantitative estimate of drug-likeness (QED) is 0.0214. The van der Waals surface area contributed by atoms with E-state index in [1.807, 2.05) is 13.8 Å². The second-order valence-electron chi connectivity index (χ2n) is 19.2. The second kappa shape index (κ2) is 37.7. The highest BCUT2D eigenvalue weighted by Gasteiger charge is 2.34. The third-order valence-corrected chi connectivity index (χ3v) is 11.7. The lowest BCUT2D eigenvalue weighted by Gasteiger charge is -2.27. The Morgan fingerprint density at radius 2 is 1.01 bits per heavy atom. The van der Waals surface area contributed by atoms with E-state index in [2.05, 4.69) is 63.1 Å². The predicted molar refractivity (Wildman–Crippen MR) is 280 cm³/mol. The van der Waals surface area contributed by atoms with Crippen molar-refractivity contribution in [1.82, 2.24) is 63.1 Å². The highest BCUT2D eigenvalue weighted by Crippen LogP contribution is 2.11. The summed E-state index contributed by atoms with van der Waals surface area (Å²) < 4.78 is 0. The maximum Gasteiger partial charge on any atom is 0.326 e. The van der Waals surface area contributed by atoms with Gasteiger partial charge < -0.3 is 97.9 Å². The van der Waals surface area contributed by atoms with Crippen molar-refractivity contribution < 1.29 is 53.4 Å². The van der Waals surface area contributed by atoms with Crippen molar-refractivity contribution in [2.75, 3.05) is 39.3 Å². The number of H-pyrrole nitrogens is 1. The van der Waals surface area contributed by atoms with Crippen molar-refractivity contribution in [1.29, 1.82) is 0 Å². The van der Waals surface area contributed by atoms with Gasteiger partial charge in [-0.15, -0.1) is 0 Å². The topological polar surface area (TPSA) is 525 Å². The number of aromatic nitrogens is 2. The number of aliphatic hydroxyl groups is 1. The Morgan fingerprint density at radius 1 is 0.566 bits per heavy atom. The van der Waals surface area contributed by atoms with Crippen LogP contribution in [0.2, 0.25) is 0 Å². The molecule has 0 radical (unpaired) electrons. The molecule has 30 heteroatoms. The van der Waals surface area contributed by atoms with Crippen molar-refractivity contribution in [3.05, 3.63) is 18.2 Å². The monoisotopic (exact) mass is 1080 g/mol. The second-order valence-corrected chi connectivity index (χ2v) is 19.2. The lowest BCUT2D eigenvalue weighted by Crippen LogP contribution is -2.59. The summed E-state index contributed by atoms with van der Waals surface area (Å²) in [6.07, 6.45) is 3.12. The molecule has 0 aliphatic carbocycles. The van der Waals surface area contributed by atoms with Crippen molar-refractivity contribution in [2.24, 2.45) is 52.0 Å². The largest absolute Gasteiger partial charge is 0.480 e. The lowest BCUT2D eigenvalue weighted by atomic mass is 9.99. The van der Waals surface area contributed by atoms with E-state index in [9.17, 15) is 53.4 Å². The Morgan fingerprint density at radius 3 is 1.41 bits per heavy atom. The molecule has 0 saturated heterocycles. The summed E-state index contributed by atoms with van der Waals surface area (Å²) in [5, 5.41) is 45.6. The molecule has 1 aromatic heterocycles. The minimum atomic E-state index is -1.41. The van der Waals surface area contributed by atoms with Crippen LogP contribution in [0, 0.1) is 11.8 Å². The molecule has 0 bridgehead atoms. The molecule has 434 valence electrons.